The van der Waals surface area contributed by atoms with Crippen molar-refractivity contribution in [3.8, 4) is 0 Å². The Labute approximate surface area is 154 Å². The highest BCUT2D eigenvalue weighted by Gasteiger charge is 2.31. The smallest absolute Gasteiger partial charge is 0.408 e. The second-order valence-electron chi connectivity index (χ2n) is 7.07. The summed E-state index contributed by atoms with van der Waals surface area (Å²) in [6.45, 7) is 4.75. The van der Waals surface area contributed by atoms with Crippen LogP contribution in [0.3, 0.4) is 0 Å². The van der Waals surface area contributed by atoms with Crippen molar-refractivity contribution in [2.75, 3.05) is 20.9 Å². The highest BCUT2D eigenvalue weighted by atomic mass is 18.2. The summed E-state index contributed by atoms with van der Waals surface area (Å²) in [5.74, 6) is -1.71. The SMILES string of the molecule is COC(=O)C(CCCCCC[18F])CC(NC(=O)OC(C)(C)C)C(=O)OC. The molecular formula is C18H32FNO6. The molecule has 0 heterocycles. The van der Waals surface area contributed by atoms with Crippen molar-refractivity contribution in [1.82, 2.24) is 5.32 Å². The minimum Gasteiger partial charge on any atom is -0.469 e. The Hall–Kier alpha value is -1.86. The van der Waals surface area contributed by atoms with Crippen LogP contribution in [-0.2, 0) is 23.8 Å². The number of nitrogens with one attached hydrogen (secondary N) is 1. The summed E-state index contributed by atoms with van der Waals surface area (Å²) in [6, 6.07) is -1.02. The fourth-order valence-electron chi connectivity index (χ4n) is 2.43. The maximum Gasteiger partial charge on any atom is 0.408 e. The van der Waals surface area contributed by atoms with E-state index in [1.54, 1.807) is 20.8 Å². The van der Waals surface area contributed by atoms with Crippen molar-refractivity contribution in [1.29, 1.82) is 0 Å². The first-order valence-corrected chi connectivity index (χ1v) is 8.85. The van der Waals surface area contributed by atoms with E-state index >= 15 is 0 Å². The number of unbranched alkanes of at least 4 members (excludes halogenated alkanes) is 3. The molecule has 2 atom stereocenters. The molecule has 0 aliphatic heterocycles. The minimum absolute atomic E-state index is 0.0434. The standard InChI is InChI=1S/C18H32FNO6/c1-18(2,3)26-17(23)20-14(16(22)25-5)12-13(15(21)24-4)10-8-6-7-9-11-19/h13-14H,6-12H2,1-5H3,(H,20,23)/i19-1. The molecule has 1 N–H and O–H groups in total. The Balaban J connectivity index is 4.88. The Morgan fingerprint density at radius 2 is 1.54 bits per heavy atom. The molecular weight excluding hydrogens is 344 g/mol. The molecule has 0 aromatic heterocycles. The number of hydrogen-bond acceptors (Lipinski definition) is 6. The van der Waals surface area contributed by atoms with Gasteiger partial charge in [0, 0.05) is 0 Å². The van der Waals surface area contributed by atoms with Crippen LogP contribution in [0.5, 0.6) is 0 Å². The molecule has 2 unspecified atom stereocenters. The van der Waals surface area contributed by atoms with Gasteiger partial charge in [-0.25, -0.2) is 9.59 Å². The lowest BCUT2D eigenvalue weighted by Crippen LogP contribution is -2.45. The number of alkyl halides is 1. The van der Waals surface area contributed by atoms with Crippen molar-refractivity contribution < 1.29 is 33.0 Å². The van der Waals surface area contributed by atoms with E-state index in [0.717, 1.165) is 12.8 Å². The molecule has 152 valence electrons. The van der Waals surface area contributed by atoms with Crippen molar-refractivity contribution in [3.05, 3.63) is 0 Å². The van der Waals surface area contributed by atoms with E-state index in [0.29, 0.717) is 19.3 Å². The largest absolute Gasteiger partial charge is 0.469 e. The number of halogens is 1. The summed E-state index contributed by atoms with van der Waals surface area (Å²) in [5, 5.41) is 2.45. The number of alkyl carbamates (subject to hydrolysis) is 1. The molecule has 0 aliphatic rings. The monoisotopic (exact) mass is 376 g/mol. The van der Waals surface area contributed by atoms with E-state index in [1.165, 1.54) is 14.2 Å². The van der Waals surface area contributed by atoms with Gasteiger partial charge in [-0.3, -0.25) is 9.18 Å². The Morgan fingerprint density at radius 3 is 2.04 bits per heavy atom. The summed E-state index contributed by atoms with van der Waals surface area (Å²) in [4.78, 5) is 36.0. The van der Waals surface area contributed by atoms with Crippen LogP contribution in [0.4, 0.5) is 9.18 Å². The van der Waals surface area contributed by atoms with Gasteiger partial charge >= 0.3 is 18.0 Å². The fraction of sp³-hybridized carbons (Fsp3) is 0.833. The number of hydrogen-bond donors (Lipinski definition) is 1. The summed E-state index contributed by atoms with van der Waals surface area (Å²) in [5.41, 5.74) is -0.719. The lowest BCUT2D eigenvalue weighted by molar-refractivity contribution is -0.148. The molecule has 7 nitrogen and oxygen atoms in total. The van der Waals surface area contributed by atoms with E-state index < -0.39 is 35.6 Å². The van der Waals surface area contributed by atoms with Crippen LogP contribution in [0, 0.1) is 5.92 Å². The van der Waals surface area contributed by atoms with Crippen LogP contribution < -0.4 is 5.32 Å². The first-order chi connectivity index (χ1) is 12.1. The van der Waals surface area contributed by atoms with Crippen LogP contribution in [0.2, 0.25) is 0 Å². The van der Waals surface area contributed by atoms with E-state index in [-0.39, 0.29) is 13.1 Å². The van der Waals surface area contributed by atoms with Gasteiger partial charge in [0.25, 0.3) is 0 Å². The highest BCUT2D eigenvalue weighted by molar-refractivity contribution is 5.82. The normalized spacial score (nSPS) is 13.5. The molecule has 0 fully saturated rings. The third kappa shape index (κ3) is 10.9. The van der Waals surface area contributed by atoms with E-state index in [4.69, 9.17) is 14.2 Å². The number of amides is 1. The van der Waals surface area contributed by atoms with Gasteiger partial charge in [0.2, 0.25) is 0 Å². The zero-order chi connectivity index (χ0) is 20.2. The average Bonchev–Trinajstić information content (AvgIpc) is 2.56. The Kier molecular flexibility index (Phi) is 11.6. The zero-order valence-corrected chi connectivity index (χ0v) is 16.4. The second kappa shape index (κ2) is 12.5. The number of methoxy groups -OCH3 is 2. The van der Waals surface area contributed by atoms with Gasteiger partial charge in [0.15, 0.2) is 0 Å². The number of esters is 2. The molecule has 0 spiro atoms. The maximum atomic E-state index is 12.1. The molecule has 0 aromatic carbocycles. The zero-order valence-electron chi connectivity index (χ0n) is 16.4. The van der Waals surface area contributed by atoms with E-state index in [9.17, 15) is 18.8 Å². The fourth-order valence-corrected chi connectivity index (χ4v) is 2.43. The van der Waals surface area contributed by atoms with E-state index in [1.807, 2.05) is 0 Å². The van der Waals surface area contributed by atoms with Gasteiger partial charge < -0.3 is 19.5 Å². The molecule has 0 saturated heterocycles. The van der Waals surface area contributed by atoms with Crippen LogP contribution in [0.25, 0.3) is 0 Å². The van der Waals surface area contributed by atoms with Crippen molar-refractivity contribution in [2.24, 2.45) is 5.92 Å². The topological polar surface area (TPSA) is 90.9 Å². The molecule has 0 aromatic rings. The number of carbonyl (C=O) groups excluding carboxylic acids is 3. The maximum absolute atomic E-state index is 12.1. The minimum atomic E-state index is -1.02. The lowest BCUT2D eigenvalue weighted by atomic mass is 9.93. The molecule has 1 amide bonds. The summed E-state index contributed by atoms with van der Waals surface area (Å²) >= 11 is 0. The van der Waals surface area contributed by atoms with Gasteiger partial charge in [-0.1, -0.05) is 19.3 Å². The van der Waals surface area contributed by atoms with Crippen LogP contribution in [0.1, 0.15) is 59.3 Å². The second-order valence-corrected chi connectivity index (χ2v) is 7.07. The highest BCUT2D eigenvalue weighted by Crippen LogP contribution is 2.19. The van der Waals surface area contributed by atoms with Crippen LogP contribution in [-0.4, -0.2) is 50.6 Å². The summed E-state index contributed by atoms with van der Waals surface area (Å²) in [7, 11) is 2.48. The van der Waals surface area contributed by atoms with Gasteiger partial charge in [0.1, 0.15) is 11.6 Å². The lowest BCUT2D eigenvalue weighted by Gasteiger charge is -2.24. The summed E-state index contributed by atoms with van der Waals surface area (Å²) < 4.78 is 26.8. The van der Waals surface area contributed by atoms with Gasteiger partial charge in [-0.2, -0.15) is 0 Å². The van der Waals surface area contributed by atoms with Crippen molar-refractivity contribution >= 4 is 18.0 Å². The predicted molar refractivity (Wildman–Crippen MR) is 94.4 cm³/mol. The van der Waals surface area contributed by atoms with Crippen molar-refractivity contribution in [3.63, 3.8) is 0 Å². The molecule has 26 heavy (non-hydrogen) atoms. The Morgan fingerprint density at radius 1 is 0.962 bits per heavy atom. The van der Waals surface area contributed by atoms with Gasteiger partial charge in [-0.05, 0) is 40.0 Å². The quantitative estimate of drug-likeness (QED) is 0.338. The summed E-state index contributed by atoms with van der Waals surface area (Å²) in [6.07, 6.45) is 2.46. The first kappa shape index (κ1) is 24.1. The average molecular weight is 376 g/mol. The molecule has 8 heteroatoms. The predicted octanol–water partition coefficient (Wildman–Crippen LogP) is 3.15. The Bertz CT molecular complexity index is 449. The molecule has 0 aliphatic carbocycles. The van der Waals surface area contributed by atoms with Gasteiger partial charge in [-0.15, -0.1) is 0 Å². The molecule has 0 radical (unpaired) electrons. The number of rotatable bonds is 11. The van der Waals surface area contributed by atoms with Crippen LogP contribution in [0.15, 0.2) is 0 Å². The third-order valence-corrected chi connectivity index (χ3v) is 3.67. The molecule has 0 saturated carbocycles. The third-order valence-electron chi connectivity index (χ3n) is 3.67. The van der Waals surface area contributed by atoms with Gasteiger partial charge in [0.05, 0.1) is 26.8 Å². The molecule has 0 rings (SSSR count). The molecule has 0 bridgehead atoms. The number of ether oxygens (including phenoxy) is 3. The number of carbonyl (C=O) groups is 3. The first-order valence-electron chi connectivity index (χ1n) is 8.85. The van der Waals surface area contributed by atoms with E-state index in [2.05, 4.69) is 5.32 Å². The van der Waals surface area contributed by atoms with Crippen LogP contribution >= 0.6 is 0 Å². The van der Waals surface area contributed by atoms with Crippen molar-refractivity contribution in [2.45, 2.75) is 70.9 Å².